The molecule has 2 atom stereocenters. The van der Waals surface area contributed by atoms with Gasteiger partial charge in [-0.2, -0.15) is 0 Å². The molecule has 126 valence electrons. The maximum Gasteiger partial charge on any atom is 0.252 e. The zero-order valence-corrected chi connectivity index (χ0v) is 14.5. The number of hydrogen-bond donors (Lipinski definition) is 1. The first-order chi connectivity index (χ1) is 11.4. The first-order valence-corrected chi connectivity index (χ1v) is 8.11. The van der Waals surface area contributed by atoms with Gasteiger partial charge in [-0.3, -0.25) is 9.36 Å². The highest BCUT2D eigenvalue weighted by atomic mass is 32.1. The molecule has 0 aliphatic carbocycles. The van der Waals surface area contributed by atoms with Gasteiger partial charge in [-0.25, -0.2) is 0 Å². The minimum Gasteiger partial charge on any atom is -0.389 e. The van der Waals surface area contributed by atoms with Crippen LogP contribution in [0.25, 0.3) is 0 Å². The van der Waals surface area contributed by atoms with Crippen molar-refractivity contribution in [3.63, 3.8) is 0 Å². The molecule has 6 heteroatoms. The van der Waals surface area contributed by atoms with Crippen molar-refractivity contribution in [3.05, 3.63) is 69.6 Å². The van der Waals surface area contributed by atoms with Gasteiger partial charge in [0.1, 0.15) is 4.99 Å². The molecule has 2 aromatic rings. The van der Waals surface area contributed by atoms with E-state index in [4.69, 9.17) is 27.4 Å². The average Bonchev–Trinajstić information content (AvgIpc) is 2.54. The minimum atomic E-state index is -0.545. The Bertz CT molecular complexity index is 833. The molecule has 2 N–H and O–H groups in total. The van der Waals surface area contributed by atoms with Crippen LogP contribution in [0.2, 0.25) is 0 Å². The van der Waals surface area contributed by atoms with Gasteiger partial charge in [0.2, 0.25) is 0 Å². The summed E-state index contributed by atoms with van der Waals surface area (Å²) < 4.78 is 13.2. The van der Waals surface area contributed by atoms with Crippen molar-refractivity contribution < 1.29 is 9.47 Å². The molecule has 1 aromatic carbocycles. The van der Waals surface area contributed by atoms with E-state index in [1.807, 2.05) is 31.2 Å². The molecular weight excluding hydrogens is 324 g/mol. The lowest BCUT2D eigenvalue weighted by Gasteiger charge is -2.40. The summed E-state index contributed by atoms with van der Waals surface area (Å²) in [7, 11) is 1.64. The van der Waals surface area contributed by atoms with Gasteiger partial charge < -0.3 is 15.2 Å². The van der Waals surface area contributed by atoms with Gasteiger partial charge >= 0.3 is 0 Å². The van der Waals surface area contributed by atoms with E-state index in [-0.39, 0.29) is 5.56 Å². The normalized spacial score (nSPS) is 22.8. The number of fused-ring (bicyclic) bond motifs is 1. The molecule has 0 amide bonds. The Morgan fingerprint density at radius 1 is 1.46 bits per heavy atom. The van der Waals surface area contributed by atoms with Crippen molar-refractivity contribution in [1.29, 1.82) is 0 Å². The molecule has 2 heterocycles. The summed E-state index contributed by atoms with van der Waals surface area (Å²) >= 11 is 5.08. The SMILES string of the molecule is COCC1(C)Cc2ccc(C(N)=S)cc2C(n2ccccc2=O)O1. The summed E-state index contributed by atoms with van der Waals surface area (Å²) in [6.45, 7) is 2.42. The minimum absolute atomic E-state index is 0.129. The Morgan fingerprint density at radius 3 is 2.92 bits per heavy atom. The second kappa shape index (κ2) is 6.47. The summed E-state index contributed by atoms with van der Waals surface area (Å²) in [6, 6.07) is 10.9. The molecule has 5 nitrogen and oxygen atoms in total. The maximum absolute atomic E-state index is 12.3. The number of nitrogens with zero attached hydrogens (tertiary/aromatic N) is 1. The van der Waals surface area contributed by atoms with Gasteiger partial charge in [0.15, 0.2) is 6.23 Å². The van der Waals surface area contributed by atoms with Crippen LogP contribution < -0.4 is 11.3 Å². The van der Waals surface area contributed by atoms with Crippen LogP contribution >= 0.6 is 12.2 Å². The Morgan fingerprint density at radius 2 is 2.25 bits per heavy atom. The van der Waals surface area contributed by atoms with Crippen LogP contribution in [0.3, 0.4) is 0 Å². The second-order valence-electron chi connectivity index (χ2n) is 6.25. The van der Waals surface area contributed by atoms with E-state index in [0.29, 0.717) is 18.0 Å². The number of benzene rings is 1. The lowest BCUT2D eigenvalue weighted by Crippen LogP contribution is -2.45. The fourth-order valence-electron chi connectivity index (χ4n) is 3.15. The Hall–Kier alpha value is -2.02. The molecule has 0 saturated carbocycles. The first-order valence-electron chi connectivity index (χ1n) is 7.70. The zero-order valence-electron chi connectivity index (χ0n) is 13.7. The Labute approximate surface area is 146 Å². The predicted molar refractivity (Wildman–Crippen MR) is 96.2 cm³/mol. The summed E-state index contributed by atoms with van der Waals surface area (Å²) in [5.74, 6) is 0. The molecule has 1 aliphatic heterocycles. The number of hydrogen-bond acceptors (Lipinski definition) is 4. The van der Waals surface area contributed by atoms with Gasteiger partial charge in [-0.1, -0.05) is 30.4 Å². The summed E-state index contributed by atoms with van der Waals surface area (Å²) in [4.78, 5) is 12.6. The topological polar surface area (TPSA) is 66.5 Å². The third kappa shape index (κ3) is 3.13. The molecule has 0 fully saturated rings. The third-order valence-corrected chi connectivity index (χ3v) is 4.45. The van der Waals surface area contributed by atoms with Crippen LogP contribution in [-0.2, 0) is 15.9 Å². The highest BCUT2D eigenvalue weighted by molar-refractivity contribution is 7.80. The fraction of sp³-hybridized carbons (Fsp3) is 0.333. The van der Waals surface area contributed by atoms with Gasteiger partial charge in [0.05, 0.1) is 12.2 Å². The lowest BCUT2D eigenvalue weighted by molar-refractivity contribution is -0.138. The van der Waals surface area contributed by atoms with E-state index >= 15 is 0 Å². The quantitative estimate of drug-likeness (QED) is 0.860. The number of rotatable bonds is 4. The van der Waals surface area contributed by atoms with Crippen molar-refractivity contribution in [3.8, 4) is 0 Å². The zero-order chi connectivity index (χ0) is 17.3. The van der Waals surface area contributed by atoms with Crippen molar-refractivity contribution in [2.45, 2.75) is 25.2 Å². The number of thiocarbonyl (C=S) groups is 1. The Kier molecular flexibility index (Phi) is 4.54. The van der Waals surface area contributed by atoms with Crippen LogP contribution in [0.4, 0.5) is 0 Å². The standard InChI is InChI=1S/C18H20N2O3S/c1-18(11-22-2)10-13-7-6-12(16(19)24)9-14(13)17(23-18)20-8-4-3-5-15(20)21/h3-9,17H,10-11H2,1-2H3,(H2,19,24). The molecule has 0 radical (unpaired) electrons. The van der Waals surface area contributed by atoms with Crippen LogP contribution in [-0.4, -0.2) is 28.9 Å². The predicted octanol–water partition coefficient (Wildman–Crippen LogP) is 2.01. The van der Waals surface area contributed by atoms with Crippen LogP contribution in [0.1, 0.15) is 29.8 Å². The van der Waals surface area contributed by atoms with E-state index in [2.05, 4.69) is 0 Å². The largest absolute Gasteiger partial charge is 0.389 e. The molecule has 0 bridgehead atoms. The number of ether oxygens (including phenoxy) is 2. The van der Waals surface area contributed by atoms with Gasteiger partial charge in [-0.05, 0) is 24.6 Å². The molecule has 24 heavy (non-hydrogen) atoms. The smallest absolute Gasteiger partial charge is 0.252 e. The van der Waals surface area contributed by atoms with E-state index in [0.717, 1.165) is 16.7 Å². The average molecular weight is 344 g/mol. The molecule has 0 spiro atoms. The molecule has 2 unspecified atom stereocenters. The van der Waals surface area contributed by atoms with Gasteiger partial charge in [0.25, 0.3) is 5.56 Å². The monoisotopic (exact) mass is 344 g/mol. The summed E-state index contributed by atoms with van der Waals surface area (Å²) in [5, 5.41) is 0. The molecule has 0 saturated heterocycles. The van der Waals surface area contributed by atoms with Gasteiger partial charge in [0, 0.05) is 36.9 Å². The van der Waals surface area contributed by atoms with E-state index in [9.17, 15) is 4.79 Å². The highest BCUT2D eigenvalue weighted by Gasteiger charge is 2.37. The maximum atomic E-state index is 12.3. The van der Waals surface area contributed by atoms with E-state index < -0.39 is 11.8 Å². The van der Waals surface area contributed by atoms with Crippen molar-refractivity contribution in [1.82, 2.24) is 4.57 Å². The van der Waals surface area contributed by atoms with Crippen molar-refractivity contribution >= 4 is 17.2 Å². The second-order valence-corrected chi connectivity index (χ2v) is 6.69. The van der Waals surface area contributed by atoms with Crippen LogP contribution in [0.5, 0.6) is 0 Å². The molecular formula is C18H20N2O3S. The number of aromatic nitrogens is 1. The summed E-state index contributed by atoms with van der Waals surface area (Å²) in [5.41, 5.74) is 7.88. The van der Waals surface area contributed by atoms with E-state index in [1.54, 1.807) is 23.9 Å². The highest BCUT2D eigenvalue weighted by Crippen LogP contribution is 2.37. The molecule has 1 aromatic heterocycles. The Balaban J connectivity index is 2.16. The van der Waals surface area contributed by atoms with E-state index in [1.165, 1.54) is 6.07 Å². The molecule has 1 aliphatic rings. The number of pyridine rings is 1. The summed E-state index contributed by atoms with van der Waals surface area (Å²) in [6.07, 6.45) is 1.87. The number of nitrogens with two attached hydrogens (primary N) is 1. The number of methoxy groups -OCH3 is 1. The van der Waals surface area contributed by atoms with Gasteiger partial charge in [-0.15, -0.1) is 0 Å². The fourth-order valence-corrected chi connectivity index (χ4v) is 3.27. The third-order valence-electron chi connectivity index (χ3n) is 4.21. The first kappa shape index (κ1) is 16.8. The van der Waals surface area contributed by atoms with Crippen LogP contribution in [0, 0.1) is 0 Å². The van der Waals surface area contributed by atoms with Crippen LogP contribution in [0.15, 0.2) is 47.4 Å². The van der Waals surface area contributed by atoms with Crippen molar-refractivity contribution in [2.75, 3.05) is 13.7 Å². The van der Waals surface area contributed by atoms with Crippen molar-refractivity contribution in [2.24, 2.45) is 5.73 Å². The lowest BCUT2D eigenvalue weighted by atomic mass is 9.88. The molecule has 3 rings (SSSR count).